The van der Waals surface area contributed by atoms with E-state index >= 15 is 0 Å². The van der Waals surface area contributed by atoms with Crippen molar-refractivity contribution in [3.8, 4) is 0 Å². The number of nitrogens with zero attached hydrogens (tertiary/aromatic N) is 1. The van der Waals surface area contributed by atoms with E-state index in [0.717, 1.165) is 6.07 Å². The normalized spacial score (nSPS) is 19.5. The number of urea groups is 1. The summed E-state index contributed by atoms with van der Waals surface area (Å²) in [6.45, 7) is 3.79. The molecule has 1 fully saturated rings. The average Bonchev–Trinajstić information content (AvgIpc) is 2.78. The third-order valence-electron chi connectivity index (χ3n) is 4.97. The number of morpholine rings is 1. The number of amides is 2. The highest BCUT2D eigenvalue weighted by Crippen LogP contribution is 2.27. The molecule has 13 heteroatoms. The van der Waals surface area contributed by atoms with Crippen LogP contribution in [0.4, 0.5) is 4.79 Å². The minimum atomic E-state index is -3.95. The summed E-state index contributed by atoms with van der Waals surface area (Å²) in [5.41, 5.74) is 0.141. The molecule has 2 heterocycles. The summed E-state index contributed by atoms with van der Waals surface area (Å²) in [5, 5.41) is 4.94. The second kappa shape index (κ2) is 10.5. The summed E-state index contributed by atoms with van der Waals surface area (Å²) >= 11 is 6.12. The standard InChI is InChI=1S/C20H24ClN3O8S/c1-3-31-19(26)17-12(2)22-20(27)23-15(17)11-32-18(25)13-4-5-14(21)16(10-13)33(28,29)24-6-8-30-9-7-24/h4-5,10,12H,3,6-9,11H2,1-2H3,(H2,22,23,27)/t12-/m1/s1. The van der Waals surface area contributed by atoms with Crippen molar-refractivity contribution in [2.24, 2.45) is 0 Å². The maximum absolute atomic E-state index is 13.0. The lowest BCUT2D eigenvalue weighted by atomic mass is 10.0. The van der Waals surface area contributed by atoms with Crippen LogP contribution in [0.2, 0.25) is 5.02 Å². The fourth-order valence-electron chi connectivity index (χ4n) is 3.37. The number of carbonyl (C=O) groups excluding carboxylic acids is 3. The predicted molar refractivity (Wildman–Crippen MR) is 116 cm³/mol. The van der Waals surface area contributed by atoms with Crippen LogP contribution in [0.5, 0.6) is 0 Å². The number of sulfonamides is 1. The van der Waals surface area contributed by atoms with Gasteiger partial charge < -0.3 is 24.8 Å². The van der Waals surface area contributed by atoms with Gasteiger partial charge in [0, 0.05) is 13.1 Å². The number of rotatable bonds is 7. The molecule has 2 aliphatic rings. The van der Waals surface area contributed by atoms with E-state index in [2.05, 4.69) is 10.6 Å². The topological polar surface area (TPSA) is 140 Å². The molecule has 1 aromatic rings. The van der Waals surface area contributed by atoms with Crippen LogP contribution in [0.1, 0.15) is 24.2 Å². The van der Waals surface area contributed by atoms with Crippen LogP contribution in [0, 0.1) is 0 Å². The second-order valence-corrected chi connectivity index (χ2v) is 9.48. The van der Waals surface area contributed by atoms with Gasteiger partial charge in [-0.3, -0.25) is 0 Å². The summed E-state index contributed by atoms with van der Waals surface area (Å²) in [6, 6.07) is 2.54. The summed E-state index contributed by atoms with van der Waals surface area (Å²) in [6.07, 6.45) is 0. The monoisotopic (exact) mass is 501 g/mol. The molecule has 0 unspecified atom stereocenters. The molecule has 0 spiro atoms. The number of ether oxygens (including phenoxy) is 3. The quantitative estimate of drug-likeness (QED) is 0.528. The minimum Gasteiger partial charge on any atom is -0.463 e. The Balaban J connectivity index is 1.81. The second-order valence-electron chi connectivity index (χ2n) is 7.17. The van der Waals surface area contributed by atoms with Gasteiger partial charge in [0.15, 0.2) is 0 Å². The Bertz CT molecular complexity index is 1080. The molecule has 0 aliphatic carbocycles. The third-order valence-corrected chi connectivity index (χ3v) is 7.35. The van der Waals surface area contributed by atoms with Crippen LogP contribution in [-0.4, -0.2) is 76.3 Å². The molecule has 1 aromatic carbocycles. The Morgan fingerprint density at radius 3 is 2.58 bits per heavy atom. The van der Waals surface area contributed by atoms with Gasteiger partial charge in [0.1, 0.15) is 11.5 Å². The number of carbonyl (C=O) groups is 3. The van der Waals surface area contributed by atoms with E-state index in [1.54, 1.807) is 13.8 Å². The molecule has 0 bridgehead atoms. The lowest BCUT2D eigenvalue weighted by Gasteiger charge is -2.27. The molecule has 2 N–H and O–H groups in total. The number of esters is 2. The Kier molecular flexibility index (Phi) is 7.95. The molecule has 2 aliphatic heterocycles. The SMILES string of the molecule is CCOC(=O)C1=C(COC(=O)c2ccc(Cl)c(S(=O)(=O)N3CCOCC3)c2)NC(=O)N[C@@H]1C. The Morgan fingerprint density at radius 2 is 1.91 bits per heavy atom. The van der Waals surface area contributed by atoms with Crippen molar-refractivity contribution in [1.29, 1.82) is 0 Å². The van der Waals surface area contributed by atoms with E-state index in [1.165, 1.54) is 16.4 Å². The first-order valence-corrected chi connectivity index (χ1v) is 12.0. The molecule has 11 nitrogen and oxygen atoms in total. The molecule has 180 valence electrons. The van der Waals surface area contributed by atoms with Crippen molar-refractivity contribution < 1.29 is 37.0 Å². The highest BCUT2D eigenvalue weighted by molar-refractivity contribution is 7.89. The van der Waals surface area contributed by atoms with E-state index in [4.69, 9.17) is 25.8 Å². The first-order chi connectivity index (χ1) is 15.6. The van der Waals surface area contributed by atoms with Crippen molar-refractivity contribution in [3.63, 3.8) is 0 Å². The van der Waals surface area contributed by atoms with Gasteiger partial charge >= 0.3 is 18.0 Å². The van der Waals surface area contributed by atoms with Gasteiger partial charge in [-0.25, -0.2) is 22.8 Å². The predicted octanol–water partition coefficient (Wildman–Crippen LogP) is 1.04. The largest absolute Gasteiger partial charge is 0.463 e. The van der Waals surface area contributed by atoms with Crippen molar-refractivity contribution >= 4 is 39.6 Å². The van der Waals surface area contributed by atoms with Gasteiger partial charge in [0.05, 0.1) is 47.7 Å². The Labute approximate surface area is 196 Å². The van der Waals surface area contributed by atoms with Crippen molar-refractivity contribution in [2.45, 2.75) is 24.8 Å². The number of benzene rings is 1. The van der Waals surface area contributed by atoms with E-state index in [9.17, 15) is 22.8 Å². The molecular weight excluding hydrogens is 478 g/mol. The van der Waals surface area contributed by atoms with E-state index in [1.807, 2.05) is 0 Å². The smallest absolute Gasteiger partial charge is 0.338 e. The number of hydrogen-bond acceptors (Lipinski definition) is 8. The number of halogens is 1. The van der Waals surface area contributed by atoms with Crippen LogP contribution in [0.3, 0.4) is 0 Å². The zero-order valence-electron chi connectivity index (χ0n) is 18.1. The molecule has 0 radical (unpaired) electrons. The van der Waals surface area contributed by atoms with Crippen LogP contribution in [-0.2, 0) is 29.0 Å². The van der Waals surface area contributed by atoms with Gasteiger partial charge in [0.2, 0.25) is 10.0 Å². The number of nitrogens with one attached hydrogen (secondary N) is 2. The molecule has 0 saturated carbocycles. The maximum Gasteiger partial charge on any atom is 0.338 e. The lowest BCUT2D eigenvalue weighted by Crippen LogP contribution is -2.50. The van der Waals surface area contributed by atoms with Crippen LogP contribution in [0.15, 0.2) is 34.4 Å². The summed E-state index contributed by atoms with van der Waals surface area (Å²) in [5.74, 6) is -1.52. The number of hydrogen-bond donors (Lipinski definition) is 2. The van der Waals surface area contributed by atoms with Gasteiger partial charge in [-0.2, -0.15) is 4.31 Å². The minimum absolute atomic E-state index is 0.0372. The molecule has 1 atom stereocenters. The lowest BCUT2D eigenvalue weighted by molar-refractivity contribution is -0.139. The highest BCUT2D eigenvalue weighted by atomic mass is 35.5. The van der Waals surface area contributed by atoms with Crippen molar-refractivity contribution in [1.82, 2.24) is 14.9 Å². The zero-order valence-corrected chi connectivity index (χ0v) is 19.6. The van der Waals surface area contributed by atoms with E-state index in [0.29, 0.717) is 0 Å². The first kappa shape index (κ1) is 25.0. The third kappa shape index (κ3) is 5.64. The van der Waals surface area contributed by atoms with Crippen LogP contribution >= 0.6 is 11.6 Å². The van der Waals surface area contributed by atoms with Gasteiger partial charge in [-0.05, 0) is 32.0 Å². The summed E-state index contributed by atoms with van der Waals surface area (Å²) in [7, 11) is -3.95. The van der Waals surface area contributed by atoms with E-state index in [-0.39, 0.29) is 59.7 Å². The molecular formula is C20H24ClN3O8S. The van der Waals surface area contributed by atoms with Crippen LogP contribution in [0.25, 0.3) is 0 Å². The molecule has 0 aromatic heterocycles. The highest BCUT2D eigenvalue weighted by Gasteiger charge is 2.31. The van der Waals surface area contributed by atoms with Gasteiger partial charge in [-0.1, -0.05) is 11.6 Å². The fourth-order valence-corrected chi connectivity index (χ4v) is 5.28. The summed E-state index contributed by atoms with van der Waals surface area (Å²) in [4.78, 5) is 36.5. The maximum atomic E-state index is 13.0. The molecule has 1 saturated heterocycles. The first-order valence-electron chi connectivity index (χ1n) is 10.2. The summed E-state index contributed by atoms with van der Waals surface area (Å²) < 4.78 is 42.6. The van der Waals surface area contributed by atoms with E-state index < -0.39 is 40.6 Å². The van der Waals surface area contributed by atoms with Gasteiger partial charge in [-0.15, -0.1) is 0 Å². The Hall–Kier alpha value is -2.67. The van der Waals surface area contributed by atoms with Crippen molar-refractivity contribution in [2.75, 3.05) is 39.5 Å². The van der Waals surface area contributed by atoms with Crippen molar-refractivity contribution in [3.05, 3.63) is 40.1 Å². The molecule has 33 heavy (non-hydrogen) atoms. The molecule has 3 rings (SSSR count). The Morgan fingerprint density at radius 1 is 1.21 bits per heavy atom. The fraction of sp³-hybridized carbons (Fsp3) is 0.450. The van der Waals surface area contributed by atoms with Crippen LogP contribution < -0.4 is 10.6 Å². The van der Waals surface area contributed by atoms with Gasteiger partial charge in [0.25, 0.3) is 0 Å². The average molecular weight is 502 g/mol. The molecule has 2 amide bonds. The zero-order chi connectivity index (χ0) is 24.2.